The summed E-state index contributed by atoms with van der Waals surface area (Å²) in [5.74, 6) is 0. The van der Waals surface area contributed by atoms with Crippen LogP contribution in [0.1, 0.15) is 22.4 Å². The summed E-state index contributed by atoms with van der Waals surface area (Å²) in [6, 6.07) is 32.4. The van der Waals surface area contributed by atoms with Gasteiger partial charge in [-0.1, -0.05) is 60.7 Å². The summed E-state index contributed by atoms with van der Waals surface area (Å²) in [7, 11) is 2.06. The van der Waals surface area contributed by atoms with E-state index >= 15 is 0 Å². The molecular formula is C29H22N5+. The van der Waals surface area contributed by atoms with E-state index in [1.807, 2.05) is 18.5 Å². The number of aromatic amines is 1. The molecule has 0 radical (unpaired) electrons. The Kier molecular flexibility index (Phi) is 3.91. The molecule has 0 amide bonds. The second kappa shape index (κ2) is 6.99. The molecule has 5 nitrogen and oxygen atoms in total. The van der Waals surface area contributed by atoms with Gasteiger partial charge in [0.1, 0.15) is 5.69 Å². The number of pyridine rings is 1. The largest absolute Gasteiger partial charge is 0.281 e. The minimum absolute atomic E-state index is 0.488. The van der Waals surface area contributed by atoms with Gasteiger partial charge in [0.15, 0.2) is 5.52 Å². The van der Waals surface area contributed by atoms with Gasteiger partial charge in [0, 0.05) is 12.4 Å². The highest BCUT2D eigenvalue weighted by Gasteiger charge is 2.47. The van der Waals surface area contributed by atoms with E-state index in [0.29, 0.717) is 0 Å². The standard InChI is InChI=1S/C29H22N5/c1-33-19-34(28-26(33)14-7-16-30-28)21-9-6-8-20(18-21)29(27-15-17-31-32-27)24-12-4-2-10-22(24)23-11-3-5-13-25(23)29/h2-19H,1H3,(H,31,32)/q+1. The normalized spacial score (nSPS) is 13.7. The lowest BCUT2D eigenvalue weighted by atomic mass is 9.70. The lowest BCUT2D eigenvalue weighted by molar-refractivity contribution is -0.645. The SMILES string of the molecule is C[n+]1cn(-c2cccc(C3(c4ccn[nH]4)c4ccccc4-c4ccccc43)c2)c2ncccc21. The van der Waals surface area contributed by atoms with Crippen molar-refractivity contribution in [1.82, 2.24) is 19.7 Å². The van der Waals surface area contributed by atoms with E-state index in [1.165, 1.54) is 27.8 Å². The molecule has 7 rings (SSSR count). The van der Waals surface area contributed by atoms with Crippen LogP contribution in [0.5, 0.6) is 0 Å². The molecule has 34 heavy (non-hydrogen) atoms. The molecule has 0 fully saturated rings. The third-order valence-electron chi connectivity index (χ3n) is 7.08. The molecule has 0 spiro atoms. The van der Waals surface area contributed by atoms with E-state index < -0.39 is 5.41 Å². The van der Waals surface area contributed by atoms with Crippen LogP contribution in [0.2, 0.25) is 0 Å². The van der Waals surface area contributed by atoms with E-state index in [1.54, 1.807) is 0 Å². The summed E-state index contributed by atoms with van der Waals surface area (Å²) in [5, 5.41) is 7.68. The number of fused-ring (bicyclic) bond motifs is 4. The molecule has 6 aromatic rings. The van der Waals surface area contributed by atoms with Gasteiger partial charge in [0.05, 0.1) is 18.2 Å². The number of nitrogens with one attached hydrogen (secondary N) is 1. The second-order valence-electron chi connectivity index (χ2n) is 8.80. The number of imidazole rings is 1. The van der Waals surface area contributed by atoms with E-state index in [2.05, 4.69) is 123 Å². The maximum atomic E-state index is 4.67. The summed E-state index contributed by atoms with van der Waals surface area (Å²) in [5.41, 5.74) is 9.90. The molecule has 0 aliphatic heterocycles. The Hall–Kier alpha value is -4.51. The molecule has 3 heterocycles. The number of hydrogen-bond acceptors (Lipinski definition) is 2. The van der Waals surface area contributed by atoms with Crippen LogP contribution in [0.15, 0.2) is 110 Å². The van der Waals surface area contributed by atoms with Crippen molar-refractivity contribution in [2.24, 2.45) is 7.05 Å². The van der Waals surface area contributed by atoms with Crippen LogP contribution < -0.4 is 4.57 Å². The number of nitrogens with zero attached hydrogens (tertiary/aromatic N) is 4. The summed E-state index contributed by atoms with van der Waals surface area (Å²) >= 11 is 0. The molecular weight excluding hydrogens is 418 g/mol. The zero-order valence-corrected chi connectivity index (χ0v) is 18.7. The lowest BCUT2D eigenvalue weighted by Gasteiger charge is -2.32. The predicted molar refractivity (Wildman–Crippen MR) is 132 cm³/mol. The Bertz CT molecular complexity index is 1630. The fourth-order valence-electron chi connectivity index (χ4n) is 5.67. The quantitative estimate of drug-likeness (QED) is 0.396. The number of benzene rings is 3. The van der Waals surface area contributed by atoms with Crippen LogP contribution in [0.3, 0.4) is 0 Å². The number of aromatic nitrogens is 5. The van der Waals surface area contributed by atoms with Crippen molar-refractivity contribution in [2.45, 2.75) is 5.41 Å². The van der Waals surface area contributed by atoms with Gasteiger partial charge in [-0.25, -0.2) is 9.55 Å². The first kappa shape index (κ1) is 19.0. The summed E-state index contributed by atoms with van der Waals surface area (Å²) in [6.07, 6.45) is 5.78. The molecule has 5 heteroatoms. The van der Waals surface area contributed by atoms with Crippen molar-refractivity contribution >= 4 is 11.2 Å². The second-order valence-corrected chi connectivity index (χ2v) is 8.80. The van der Waals surface area contributed by atoms with Crippen molar-refractivity contribution in [2.75, 3.05) is 0 Å². The molecule has 3 aromatic heterocycles. The molecule has 3 aromatic carbocycles. The highest BCUT2D eigenvalue weighted by Crippen LogP contribution is 2.55. The summed E-state index contributed by atoms with van der Waals surface area (Å²) < 4.78 is 4.27. The molecule has 0 unspecified atom stereocenters. The fraction of sp³-hybridized carbons (Fsp3) is 0.0690. The van der Waals surface area contributed by atoms with Crippen molar-refractivity contribution in [3.8, 4) is 16.8 Å². The van der Waals surface area contributed by atoms with Crippen LogP contribution >= 0.6 is 0 Å². The van der Waals surface area contributed by atoms with Crippen LogP contribution in [0.25, 0.3) is 28.0 Å². The van der Waals surface area contributed by atoms with Crippen LogP contribution in [-0.2, 0) is 12.5 Å². The molecule has 1 aliphatic carbocycles. The maximum Gasteiger partial charge on any atom is 0.273 e. The number of H-pyrrole nitrogens is 1. The van der Waals surface area contributed by atoms with E-state index in [4.69, 9.17) is 0 Å². The van der Waals surface area contributed by atoms with E-state index in [9.17, 15) is 0 Å². The first-order chi connectivity index (χ1) is 16.8. The van der Waals surface area contributed by atoms with Gasteiger partial charge < -0.3 is 0 Å². The smallest absolute Gasteiger partial charge is 0.273 e. The Morgan fingerprint density at radius 3 is 2.29 bits per heavy atom. The van der Waals surface area contributed by atoms with Gasteiger partial charge in [-0.2, -0.15) is 9.67 Å². The Morgan fingerprint density at radius 2 is 1.56 bits per heavy atom. The number of aryl methyl sites for hydroxylation is 1. The maximum absolute atomic E-state index is 4.67. The molecule has 0 atom stereocenters. The average molecular weight is 441 g/mol. The monoisotopic (exact) mass is 440 g/mol. The van der Waals surface area contributed by atoms with Gasteiger partial charge in [-0.05, 0) is 58.1 Å². The lowest BCUT2D eigenvalue weighted by Crippen LogP contribution is -2.29. The molecule has 1 aliphatic rings. The predicted octanol–water partition coefficient (Wildman–Crippen LogP) is 4.94. The van der Waals surface area contributed by atoms with Crippen molar-refractivity contribution in [3.05, 3.63) is 132 Å². The molecule has 162 valence electrons. The van der Waals surface area contributed by atoms with Gasteiger partial charge in [0.25, 0.3) is 12.0 Å². The minimum Gasteiger partial charge on any atom is -0.281 e. The van der Waals surface area contributed by atoms with Crippen molar-refractivity contribution in [1.29, 1.82) is 0 Å². The fourth-order valence-corrected chi connectivity index (χ4v) is 5.67. The summed E-state index contributed by atoms with van der Waals surface area (Å²) in [6.45, 7) is 0. The van der Waals surface area contributed by atoms with Crippen LogP contribution in [0.4, 0.5) is 0 Å². The van der Waals surface area contributed by atoms with E-state index in [-0.39, 0.29) is 0 Å². The Morgan fingerprint density at radius 1 is 0.794 bits per heavy atom. The molecule has 0 saturated carbocycles. The molecule has 0 saturated heterocycles. The highest BCUT2D eigenvalue weighted by molar-refractivity contribution is 5.86. The Balaban J connectivity index is 1.56. The number of hydrogen-bond donors (Lipinski definition) is 1. The average Bonchev–Trinajstić information content (AvgIpc) is 3.61. The van der Waals surface area contributed by atoms with Crippen molar-refractivity contribution < 1.29 is 4.57 Å². The zero-order valence-electron chi connectivity index (χ0n) is 18.7. The highest BCUT2D eigenvalue weighted by atomic mass is 15.2. The van der Waals surface area contributed by atoms with Gasteiger partial charge >= 0.3 is 0 Å². The molecule has 0 bridgehead atoms. The Labute approximate surface area is 197 Å². The minimum atomic E-state index is -0.488. The topological polar surface area (TPSA) is 50.4 Å². The first-order valence-electron chi connectivity index (χ1n) is 11.4. The zero-order chi connectivity index (χ0) is 22.7. The number of rotatable bonds is 3. The first-order valence-corrected chi connectivity index (χ1v) is 11.4. The van der Waals surface area contributed by atoms with Gasteiger partial charge in [0.2, 0.25) is 0 Å². The van der Waals surface area contributed by atoms with E-state index in [0.717, 1.165) is 22.5 Å². The van der Waals surface area contributed by atoms with Crippen LogP contribution in [-0.4, -0.2) is 19.7 Å². The van der Waals surface area contributed by atoms with Crippen LogP contribution in [0, 0.1) is 0 Å². The van der Waals surface area contributed by atoms with Gasteiger partial charge in [-0.3, -0.25) is 5.10 Å². The third kappa shape index (κ3) is 2.41. The molecule has 1 N–H and O–H groups in total. The third-order valence-corrected chi connectivity index (χ3v) is 7.08. The van der Waals surface area contributed by atoms with Gasteiger partial charge in [-0.15, -0.1) is 0 Å². The summed E-state index contributed by atoms with van der Waals surface area (Å²) in [4.78, 5) is 4.67. The van der Waals surface area contributed by atoms with Crippen molar-refractivity contribution in [3.63, 3.8) is 0 Å².